The number of nitrogens with one attached hydrogen (secondary N) is 2. The van der Waals surface area contributed by atoms with Crippen LogP contribution < -0.4 is 10.6 Å². The van der Waals surface area contributed by atoms with Gasteiger partial charge in [0, 0.05) is 14.1 Å². The molecular weight excluding hydrogens is 158 g/mol. The van der Waals surface area contributed by atoms with Crippen molar-refractivity contribution in [3.05, 3.63) is 12.3 Å². The Balaban J connectivity index is 3.74. The summed E-state index contributed by atoms with van der Waals surface area (Å²) in [6.45, 7) is 3.85. The molecule has 0 aromatic carbocycles. The van der Waals surface area contributed by atoms with E-state index < -0.39 is 0 Å². The highest BCUT2D eigenvalue weighted by Gasteiger charge is 1.98. The lowest BCUT2D eigenvalue weighted by atomic mass is 10.5. The Labute approximate surface area is 71.5 Å². The van der Waals surface area contributed by atoms with E-state index in [1.165, 1.54) is 0 Å². The molecule has 0 heterocycles. The number of amides is 1. The summed E-state index contributed by atoms with van der Waals surface area (Å²) in [6.07, 6.45) is 0.580. The van der Waals surface area contributed by atoms with Crippen LogP contribution in [0.3, 0.4) is 0 Å². The molecule has 0 atom stereocenters. The summed E-state index contributed by atoms with van der Waals surface area (Å²) < 4.78 is 5.07. The molecular formula is C7H13N3O2. The van der Waals surface area contributed by atoms with E-state index >= 15 is 0 Å². The maximum atomic E-state index is 9.88. The third-order valence-corrected chi connectivity index (χ3v) is 1.04. The molecule has 0 radical (unpaired) electrons. The maximum Gasteiger partial charge on any atom is 0.289 e. The standard InChI is InChI=1S/C7H13N3O2/c1-6(4-10-5-11)12-7(8-2)9-3/h5H,1,4H2,2-3H3,(H,8,9)(H,10,11). The van der Waals surface area contributed by atoms with Crippen LogP contribution in [-0.2, 0) is 9.53 Å². The van der Waals surface area contributed by atoms with Crippen LogP contribution in [0.4, 0.5) is 0 Å². The number of rotatable bonds is 4. The Kier molecular flexibility index (Phi) is 5.42. The van der Waals surface area contributed by atoms with E-state index in [4.69, 9.17) is 4.74 Å². The van der Waals surface area contributed by atoms with Gasteiger partial charge in [-0.2, -0.15) is 0 Å². The van der Waals surface area contributed by atoms with Crippen molar-refractivity contribution in [1.29, 1.82) is 0 Å². The molecule has 0 spiro atoms. The molecule has 0 saturated carbocycles. The van der Waals surface area contributed by atoms with Gasteiger partial charge in [0.25, 0.3) is 6.02 Å². The van der Waals surface area contributed by atoms with Crippen molar-refractivity contribution in [2.45, 2.75) is 0 Å². The number of amidine groups is 1. The second-order valence-corrected chi connectivity index (χ2v) is 1.92. The highest BCUT2D eigenvalue weighted by Crippen LogP contribution is 1.90. The van der Waals surface area contributed by atoms with Crippen LogP contribution >= 0.6 is 0 Å². The van der Waals surface area contributed by atoms with Crippen LogP contribution in [0.5, 0.6) is 0 Å². The molecule has 0 aliphatic carbocycles. The summed E-state index contributed by atoms with van der Waals surface area (Å²) >= 11 is 0. The van der Waals surface area contributed by atoms with Crippen LogP contribution in [0.1, 0.15) is 0 Å². The average Bonchev–Trinajstić information content (AvgIpc) is 2.10. The number of hydrogen-bond donors (Lipinski definition) is 2. The molecule has 0 bridgehead atoms. The predicted molar refractivity (Wildman–Crippen MR) is 46.7 cm³/mol. The van der Waals surface area contributed by atoms with E-state index in [0.29, 0.717) is 18.2 Å². The zero-order valence-corrected chi connectivity index (χ0v) is 7.26. The molecule has 0 aliphatic heterocycles. The third-order valence-electron chi connectivity index (χ3n) is 1.04. The van der Waals surface area contributed by atoms with Gasteiger partial charge in [-0.05, 0) is 0 Å². The molecule has 0 aliphatic rings. The zero-order valence-electron chi connectivity index (χ0n) is 7.26. The van der Waals surface area contributed by atoms with Gasteiger partial charge in [-0.3, -0.25) is 4.79 Å². The fraction of sp³-hybridized carbons (Fsp3) is 0.429. The van der Waals surface area contributed by atoms with Crippen LogP contribution in [0.15, 0.2) is 17.3 Å². The van der Waals surface area contributed by atoms with Crippen molar-refractivity contribution < 1.29 is 9.53 Å². The van der Waals surface area contributed by atoms with E-state index in [1.807, 2.05) is 0 Å². The molecule has 0 saturated heterocycles. The van der Waals surface area contributed by atoms with Crippen LogP contribution in [0, 0.1) is 0 Å². The van der Waals surface area contributed by atoms with Gasteiger partial charge in [-0.25, -0.2) is 4.99 Å². The molecule has 12 heavy (non-hydrogen) atoms. The number of carbonyl (C=O) groups is 1. The van der Waals surface area contributed by atoms with Crippen molar-refractivity contribution in [2.75, 3.05) is 20.6 Å². The summed E-state index contributed by atoms with van der Waals surface area (Å²) in [5.41, 5.74) is 0. The first-order valence-electron chi connectivity index (χ1n) is 3.41. The molecule has 2 N–H and O–H groups in total. The lowest BCUT2D eigenvalue weighted by molar-refractivity contribution is -0.109. The Morgan fingerprint density at radius 1 is 1.75 bits per heavy atom. The largest absolute Gasteiger partial charge is 0.429 e. The Morgan fingerprint density at radius 3 is 2.83 bits per heavy atom. The molecule has 0 aromatic heterocycles. The fourth-order valence-corrected chi connectivity index (χ4v) is 0.537. The van der Waals surface area contributed by atoms with Gasteiger partial charge in [0.1, 0.15) is 5.76 Å². The number of hydrogen-bond acceptors (Lipinski definition) is 3. The molecule has 0 unspecified atom stereocenters. The van der Waals surface area contributed by atoms with Gasteiger partial charge < -0.3 is 15.4 Å². The van der Waals surface area contributed by atoms with Crippen LogP contribution in [0.2, 0.25) is 0 Å². The Morgan fingerprint density at radius 2 is 2.42 bits per heavy atom. The molecule has 0 aromatic rings. The predicted octanol–water partition coefficient (Wildman–Crippen LogP) is -0.532. The number of aliphatic imine (C=N–C) groups is 1. The smallest absolute Gasteiger partial charge is 0.289 e. The second-order valence-electron chi connectivity index (χ2n) is 1.92. The molecule has 68 valence electrons. The first-order chi connectivity index (χ1) is 5.74. The van der Waals surface area contributed by atoms with E-state index in [-0.39, 0.29) is 6.54 Å². The van der Waals surface area contributed by atoms with E-state index in [2.05, 4.69) is 22.2 Å². The van der Waals surface area contributed by atoms with E-state index in [0.717, 1.165) is 0 Å². The van der Waals surface area contributed by atoms with Crippen molar-refractivity contribution in [1.82, 2.24) is 10.6 Å². The quantitative estimate of drug-likeness (QED) is 0.258. The first-order valence-corrected chi connectivity index (χ1v) is 3.41. The van der Waals surface area contributed by atoms with Gasteiger partial charge in [-0.15, -0.1) is 0 Å². The van der Waals surface area contributed by atoms with Gasteiger partial charge >= 0.3 is 0 Å². The molecule has 0 fully saturated rings. The minimum atomic E-state index is 0.282. The van der Waals surface area contributed by atoms with Gasteiger partial charge in [0.15, 0.2) is 0 Å². The normalized spacial score (nSPS) is 10.3. The summed E-state index contributed by atoms with van der Waals surface area (Å²) in [6, 6.07) is 0.368. The van der Waals surface area contributed by atoms with Crippen LogP contribution in [-0.4, -0.2) is 33.1 Å². The number of nitrogens with zero attached hydrogens (tertiary/aromatic N) is 1. The zero-order chi connectivity index (χ0) is 9.40. The van der Waals surface area contributed by atoms with Crippen molar-refractivity contribution in [3.63, 3.8) is 0 Å². The van der Waals surface area contributed by atoms with E-state index in [1.54, 1.807) is 14.1 Å². The van der Waals surface area contributed by atoms with E-state index in [9.17, 15) is 4.79 Å². The topological polar surface area (TPSA) is 62.7 Å². The summed E-state index contributed by atoms with van der Waals surface area (Å²) in [4.78, 5) is 13.6. The summed E-state index contributed by atoms with van der Waals surface area (Å²) in [5.74, 6) is 0.428. The monoisotopic (exact) mass is 171 g/mol. The lowest BCUT2D eigenvalue weighted by Crippen LogP contribution is -2.24. The van der Waals surface area contributed by atoms with Crippen molar-refractivity contribution in [3.8, 4) is 0 Å². The highest BCUT2D eigenvalue weighted by atomic mass is 16.5. The summed E-state index contributed by atoms with van der Waals surface area (Å²) in [7, 11) is 3.27. The maximum absolute atomic E-state index is 9.88. The minimum Gasteiger partial charge on any atom is -0.429 e. The van der Waals surface area contributed by atoms with Crippen molar-refractivity contribution in [2.24, 2.45) is 4.99 Å². The molecule has 0 rings (SSSR count). The Bertz CT molecular complexity index is 189. The second kappa shape index (κ2) is 6.21. The highest BCUT2D eigenvalue weighted by molar-refractivity contribution is 5.74. The number of ether oxygens (including phenoxy) is 1. The molecule has 5 nitrogen and oxygen atoms in total. The van der Waals surface area contributed by atoms with Gasteiger partial charge in [-0.1, -0.05) is 6.58 Å². The van der Waals surface area contributed by atoms with Gasteiger partial charge in [0.05, 0.1) is 6.54 Å². The fourth-order valence-electron chi connectivity index (χ4n) is 0.537. The number of carbonyl (C=O) groups excluding carboxylic acids is 1. The molecule has 5 heteroatoms. The van der Waals surface area contributed by atoms with Crippen LogP contribution in [0.25, 0.3) is 0 Å². The SMILES string of the molecule is C=C(CNC=O)OC(=NC)NC. The van der Waals surface area contributed by atoms with Crippen molar-refractivity contribution >= 4 is 12.4 Å². The average molecular weight is 171 g/mol. The Hall–Kier alpha value is -1.52. The molecule has 1 amide bonds. The van der Waals surface area contributed by atoms with Gasteiger partial charge in [0.2, 0.25) is 6.41 Å². The lowest BCUT2D eigenvalue weighted by Gasteiger charge is -2.08. The summed E-state index contributed by atoms with van der Waals surface area (Å²) in [5, 5.41) is 5.12. The first kappa shape index (κ1) is 10.5. The minimum absolute atomic E-state index is 0.282. The third kappa shape index (κ3) is 4.32.